The largest absolute Gasteiger partial charge is 0.493 e. The summed E-state index contributed by atoms with van der Waals surface area (Å²) in [6.45, 7) is 7.87. The third kappa shape index (κ3) is 4.52. The van der Waals surface area contributed by atoms with Gasteiger partial charge < -0.3 is 18.9 Å². The van der Waals surface area contributed by atoms with Gasteiger partial charge in [-0.3, -0.25) is 4.90 Å². The molecule has 0 amide bonds. The van der Waals surface area contributed by atoms with Crippen LogP contribution in [0.25, 0.3) is 0 Å². The monoisotopic (exact) mass is 309 g/mol. The molecule has 0 aliphatic carbocycles. The van der Waals surface area contributed by atoms with Crippen molar-refractivity contribution >= 4 is 0 Å². The first-order valence-corrected chi connectivity index (χ1v) is 7.85. The molecular formula is C17H27NO4. The molecule has 1 aliphatic heterocycles. The Kier molecular flexibility index (Phi) is 6.34. The molecule has 1 aromatic rings. The lowest BCUT2D eigenvalue weighted by atomic mass is 10.2. The smallest absolute Gasteiger partial charge is 0.203 e. The molecule has 124 valence electrons. The van der Waals surface area contributed by atoms with E-state index in [1.165, 1.54) is 0 Å². The third-order valence-electron chi connectivity index (χ3n) is 3.74. The van der Waals surface area contributed by atoms with Crippen molar-refractivity contribution in [2.45, 2.75) is 32.5 Å². The lowest BCUT2D eigenvalue weighted by Gasteiger charge is -2.35. The van der Waals surface area contributed by atoms with Crippen molar-refractivity contribution in [1.82, 2.24) is 4.90 Å². The summed E-state index contributed by atoms with van der Waals surface area (Å²) in [5.41, 5.74) is 0. The molecule has 1 aliphatic rings. The van der Waals surface area contributed by atoms with Gasteiger partial charge in [0.15, 0.2) is 11.5 Å². The fourth-order valence-corrected chi connectivity index (χ4v) is 2.89. The van der Waals surface area contributed by atoms with Gasteiger partial charge in [-0.25, -0.2) is 0 Å². The molecule has 1 saturated heterocycles. The van der Waals surface area contributed by atoms with Gasteiger partial charge in [0.1, 0.15) is 0 Å². The maximum absolute atomic E-state index is 5.89. The summed E-state index contributed by atoms with van der Waals surface area (Å²) >= 11 is 0. The summed E-state index contributed by atoms with van der Waals surface area (Å²) < 4.78 is 22.3. The molecule has 1 aromatic carbocycles. The average Bonchev–Trinajstić information content (AvgIpc) is 2.50. The molecule has 0 aromatic heterocycles. The molecule has 0 spiro atoms. The van der Waals surface area contributed by atoms with E-state index in [0.717, 1.165) is 26.1 Å². The van der Waals surface area contributed by atoms with Crippen molar-refractivity contribution in [2.75, 3.05) is 40.5 Å². The minimum Gasteiger partial charge on any atom is -0.493 e. The number of hydrogen-bond acceptors (Lipinski definition) is 5. The van der Waals surface area contributed by atoms with Crippen molar-refractivity contribution in [3.05, 3.63) is 18.2 Å². The standard InChI is InChI=1S/C17H27NO4/c1-13-11-18(12-14(2)22-13)9-6-10-21-17-15(19-3)7-5-8-16(17)20-4/h5,7-8,13-14H,6,9-12H2,1-4H3/t13-,14-/m1/s1. The lowest BCUT2D eigenvalue weighted by molar-refractivity contribution is -0.0686. The van der Waals surface area contributed by atoms with Crippen LogP contribution >= 0.6 is 0 Å². The van der Waals surface area contributed by atoms with Gasteiger partial charge in [-0.1, -0.05) is 6.07 Å². The summed E-state index contributed by atoms with van der Waals surface area (Å²) in [6.07, 6.45) is 1.57. The molecule has 5 heteroatoms. The van der Waals surface area contributed by atoms with Crippen LogP contribution in [0.1, 0.15) is 20.3 Å². The number of rotatable bonds is 7. The van der Waals surface area contributed by atoms with Gasteiger partial charge in [-0.05, 0) is 32.4 Å². The zero-order chi connectivity index (χ0) is 15.9. The van der Waals surface area contributed by atoms with Gasteiger partial charge in [0, 0.05) is 19.6 Å². The van der Waals surface area contributed by atoms with Crippen LogP contribution in [0.15, 0.2) is 18.2 Å². The van der Waals surface area contributed by atoms with Gasteiger partial charge >= 0.3 is 0 Å². The Balaban J connectivity index is 1.81. The van der Waals surface area contributed by atoms with Crippen molar-refractivity contribution < 1.29 is 18.9 Å². The number of benzene rings is 1. The summed E-state index contributed by atoms with van der Waals surface area (Å²) in [7, 11) is 3.27. The molecule has 0 unspecified atom stereocenters. The zero-order valence-corrected chi connectivity index (χ0v) is 14.0. The highest BCUT2D eigenvalue weighted by molar-refractivity contribution is 5.51. The van der Waals surface area contributed by atoms with E-state index in [4.69, 9.17) is 18.9 Å². The molecule has 0 radical (unpaired) electrons. The SMILES string of the molecule is COc1cccc(OC)c1OCCCN1C[C@@H](C)O[C@H](C)C1. The Morgan fingerprint density at radius 2 is 1.68 bits per heavy atom. The molecule has 0 saturated carbocycles. The number of nitrogens with zero attached hydrogens (tertiary/aromatic N) is 1. The van der Waals surface area contributed by atoms with Crippen LogP contribution in [0.3, 0.4) is 0 Å². The molecule has 2 atom stereocenters. The van der Waals surface area contributed by atoms with E-state index in [2.05, 4.69) is 18.7 Å². The molecule has 2 rings (SSSR count). The van der Waals surface area contributed by atoms with Crippen LogP contribution in [-0.2, 0) is 4.74 Å². The van der Waals surface area contributed by atoms with Crippen LogP contribution in [0.4, 0.5) is 0 Å². The van der Waals surface area contributed by atoms with Gasteiger partial charge in [0.2, 0.25) is 5.75 Å². The minimum atomic E-state index is 0.305. The Morgan fingerprint density at radius 1 is 1.09 bits per heavy atom. The maximum Gasteiger partial charge on any atom is 0.203 e. The Labute approximate surface area is 133 Å². The fourth-order valence-electron chi connectivity index (χ4n) is 2.89. The highest BCUT2D eigenvalue weighted by Crippen LogP contribution is 2.36. The average molecular weight is 309 g/mol. The van der Waals surface area contributed by atoms with Crippen LogP contribution < -0.4 is 14.2 Å². The second-order valence-corrected chi connectivity index (χ2v) is 5.71. The molecule has 1 heterocycles. The van der Waals surface area contributed by atoms with Crippen molar-refractivity contribution in [3.8, 4) is 17.2 Å². The predicted molar refractivity (Wildman–Crippen MR) is 86.1 cm³/mol. The quantitative estimate of drug-likeness (QED) is 0.724. The Hall–Kier alpha value is -1.46. The topological polar surface area (TPSA) is 40.2 Å². The molecule has 1 fully saturated rings. The first-order chi connectivity index (χ1) is 10.6. The first-order valence-electron chi connectivity index (χ1n) is 7.85. The number of ether oxygens (including phenoxy) is 4. The van der Waals surface area contributed by atoms with Gasteiger partial charge in [-0.2, -0.15) is 0 Å². The normalized spacial score (nSPS) is 22.4. The van der Waals surface area contributed by atoms with E-state index in [1.807, 2.05) is 18.2 Å². The molecule has 22 heavy (non-hydrogen) atoms. The van der Waals surface area contributed by atoms with Crippen LogP contribution in [0.5, 0.6) is 17.2 Å². The van der Waals surface area contributed by atoms with Gasteiger partial charge in [-0.15, -0.1) is 0 Å². The maximum atomic E-state index is 5.89. The van der Waals surface area contributed by atoms with Gasteiger partial charge in [0.05, 0.1) is 33.0 Å². The van der Waals surface area contributed by atoms with E-state index in [9.17, 15) is 0 Å². The fraction of sp³-hybridized carbons (Fsp3) is 0.647. The lowest BCUT2D eigenvalue weighted by Crippen LogP contribution is -2.45. The van der Waals surface area contributed by atoms with Crippen LogP contribution in [0.2, 0.25) is 0 Å². The Morgan fingerprint density at radius 3 is 2.23 bits per heavy atom. The number of para-hydroxylation sites is 1. The van der Waals surface area contributed by atoms with Gasteiger partial charge in [0.25, 0.3) is 0 Å². The highest BCUT2D eigenvalue weighted by atomic mass is 16.5. The first kappa shape index (κ1) is 16.9. The zero-order valence-electron chi connectivity index (χ0n) is 14.0. The summed E-state index contributed by atoms with van der Waals surface area (Å²) in [6, 6.07) is 5.65. The van der Waals surface area contributed by atoms with E-state index < -0.39 is 0 Å². The molecule has 5 nitrogen and oxygen atoms in total. The number of hydrogen-bond donors (Lipinski definition) is 0. The second kappa shape index (κ2) is 8.25. The Bertz CT molecular complexity index is 434. The number of methoxy groups -OCH3 is 2. The van der Waals surface area contributed by atoms with Crippen molar-refractivity contribution in [1.29, 1.82) is 0 Å². The second-order valence-electron chi connectivity index (χ2n) is 5.71. The summed E-state index contributed by atoms with van der Waals surface area (Å²) in [4.78, 5) is 2.43. The third-order valence-corrected chi connectivity index (χ3v) is 3.74. The van der Waals surface area contributed by atoms with Crippen molar-refractivity contribution in [3.63, 3.8) is 0 Å². The van der Waals surface area contributed by atoms with E-state index >= 15 is 0 Å². The summed E-state index contributed by atoms with van der Waals surface area (Å²) in [5, 5.41) is 0. The molecule has 0 bridgehead atoms. The molecular weight excluding hydrogens is 282 g/mol. The van der Waals surface area contributed by atoms with Crippen LogP contribution in [-0.4, -0.2) is 57.6 Å². The predicted octanol–water partition coefficient (Wildman–Crippen LogP) is 2.58. The van der Waals surface area contributed by atoms with E-state index in [1.54, 1.807) is 14.2 Å². The summed E-state index contributed by atoms with van der Waals surface area (Å²) in [5.74, 6) is 2.08. The van der Waals surface area contributed by atoms with Crippen molar-refractivity contribution in [2.24, 2.45) is 0 Å². The van der Waals surface area contributed by atoms with E-state index in [0.29, 0.717) is 36.1 Å². The minimum absolute atomic E-state index is 0.305. The van der Waals surface area contributed by atoms with E-state index in [-0.39, 0.29) is 0 Å². The molecule has 0 N–H and O–H groups in total. The highest BCUT2D eigenvalue weighted by Gasteiger charge is 2.21. The van der Waals surface area contributed by atoms with Crippen LogP contribution in [0, 0.1) is 0 Å². The number of morpholine rings is 1.